The molecule has 7 nitrogen and oxygen atoms in total. The molecule has 138 valence electrons. The maximum Gasteiger partial charge on any atom is 0.255 e. The van der Waals surface area contributed by atoms with Crippen molar-refractivity contribution in [2.24, 2.45) is 0 Å². The molecule has 0 radical (unpaired) electrons. The van der Waals surface area contributed by atoms with Crippen molar-refractivity contribution >= 4 is 17.7 Å². The first-order valence-electron chi connectivity index (χ1n) is 9.24. The third-order valence-electron chi connectivity index (χ3n) is 5.61. The van der Waals surface area contributed by atoms with Crippen LogP contribution in [0.25, 0.3) is 0 Å². The number of hydrogen-bond donors (Lipinski definition) is 2. The topological polar surface area (TPSA) is 81.8 Å². The summed E-state index contributed by atoms with van der Waals surface area (Å²) in [6.45, 7) is 6.52. The number of carbonyl (C=O) groups excluding carboxylic acids is 3. The van der Waals surface area contributed by atoms with Gasteiger partial charge in [0, 0.05) is 50.7 Å². The van der Waals surface area contributed by atoms with Crippen LogP contribution in [-0.2, 0) is 22.7 Å². The van der Waals surface area contributed by atoms with Crippen molar-refractivity contribution < 1.29 is 14.4 Å². The van der Waals surface area contributed by atoms with Gasteiger partial charge >= 0.3 is 0 Å². The van der Waals surface area contributed by atoms with E-state index in [0.29, 0.717) is 24.6 Å². The Kier molecular flexibility index (Phi) is 4.50. The minimum absolute atomic E-state index is 0.114. The van der Waals surface area contributed by atoms with Gasteiger partial charge in [-0.2, -0.15) is 0 Å². The summed E-state index contributed by atoms with van der Waals surface area (Å²) in [7, 11) is 0. The first-order valence-corrected chi connectivity index (χ1v) is 9.24. The second-order valence-corrected chi connectivity index (χ2v) is 7.42. The van der Waals surface area contributed by atoms with Crippen LogP contribution in [0.2, 0.25) is 0 Å². The lowest BCUT2D eigenvalue weighted by atomic mass is 10.0. The van der Waals surface area contributed by atoms with E-state index in [4.69, 9.17) is 0 Å². The zero-order valence-electron chi connectivity index (χ0n) is 15.0. The Hall–Kier alpha value is -2.25. The Morgan fingerprint density at radius 1 is 1.23 bits per heavy atom. The van der Waals surface area contributed by atoms with Gasteiger partial charge < -0.3 is 10.2 Å². The smallest absolute Gasteiger partial charge is 0.255 e. The van der Waals surface area contributed by atoms with E-state index >= 15 is 0 Å². The van der Waals surface area contributed by atoms with E-state index in [9.17, 15) is 14.4 Å². The van der Waals surface area contributed by atoms with E-state index in [-0.39, 0.29) is 24.1 Å². The summed E-state index contributed by atoms with van der Waals surface area (Å²) in [5.74, 6) is -0.739. The first kappa shape index (κ1) is 17.2. The molecule has 2 fully saturated rings. The summed E-state index contributed by atoms with van der Waals surface area (Å²) in [5.41, 5.74) is 2.84. The fourth-order valence-corrected chi connectivity index (χ4v) is 4.08. The number of carbonyl (C=O) groups is 3. The summed E-state index contributed by atoms with van der Waals surface area (Å²) in [4.78, 5) is 40.2. The molecule has 2 saturated heterocycles. The lowest BCUT2D eigenvalue weighted by molar-refractivity contribution is -0.136. The fourth-order valence-electron chi connectivity index (χ4n) is 4.08. The van der Waals surface area contributed by atoms with Crippen LogP contribution in [0.15, 0.2) is 18.2 Å². The molecule has 2 atom stereocenters. The van der Waals surface area contributed by atoms with E-state index in [1.54, 1.807) is 4.90 Å². The highest BCUT2D eigenvalue weighted by Gasteiger charge is 2.39. The van der Waals surface area contributed by atoms with Gasteiger partial charge in [-0.3, -0.25) is 24.6 Å². The number of hydrogen-bond acceptors (Lipinski definition) is 5. The Morgan fingerprint density at radius 2 is 2.08 bits per heavy atom. The molecule has 1 aromatic carbocycles. The van der Waals surface area contributed by atoms with Gasteiger partial charge in [0.25, 0.3) is 5.91 Å². The maximum atomic E-state index is 12.7. The molecule has 1 aromatic rings. The standard InChI is InChI=1S/C19H24N4O3/c1-12-9-20-6-7-22(12)10-13-2-3-15-14(8-13)11-23(19(15)26)16-4-5-17(24)21-18(16)25/h2-3,8,12,16,20H,4-7,9-11H2,1H3,(H,21,24,25)/t12-,16?/m1/s1. The lowest BCUT2D eigenvalue weighted by Gasteiger charge is -2.34. The van der Waals surface area contributed by atoms with Crippen molar-refractivity contribution in [1.82, 2.24) is 20.4 Å². The Labute approximate surface area is 152 Å². The average molecular weight is 356 g/mol. The van der Waals surface area contributed by atoms with Crippen molar-refractivity contribution in [2.45, 2.75) is 44.9 Å². The van der Waals surface area contributed by atoms with Gasteiger partial charge in [0.1, 0.15) is 6.04 Å². The van der Waals surface area contributed by atoms with Crippen LogP contribution >= 0.6 is 0 Å². The van der Waals surface area contributed by atoms with Crippen molar-refractivity contribution in [1.29, 1.82) is 0 Å². The molecule has 26 heavy (non-hydrogen) atoms. The van der Waals surface area contributed by atoms with Gasteiger partial charge in [-0.25, -0.2) is 0 Å². The summed E-state index contributed by atoms with van der Waals surface area (Å²) >= 11 is 0. The SMILES string of the molecule is C[C@@H]1CNCCN1Cc1ccc2c(c1)CN(C1CCC(=O)NC1=O)C2=O. The monoisotopic (exact) mass is 356 g/mol. The van der Waals surface area contributed by atoms with Gasteiger partial charge in [-0.15, -0.1) is 0 Å². The third-order valence-corrected chi connectivity index (χ3v) is 5.61. The fraction of sp³-hybridized carbons (Fsp3) is 0.526. The van der Waals surface area contributed by atoms with Gasteiger partial charge in [0.05, 0.1) is 0 Å². The van der Waals surface area contributed by atoms with Crippen LogP contribution in [0.4, 0.5) is 0 Å². The summed E-state index contributed by atoms with van der Waals surface area (Å²) in [5, 5.41) is 5.73. The molecule has 2 N–H and O–H groups in total. The van der Waals surface area contributed by atoms with Crippen molar-refractivity contribution in [3.63, 3.8) is 0 Å². The number of fused-ring (bicyclic) bond motifs is 1. The molecule has 0 aromatic heterocycles. The van der Waals surface area contributed by atoms with E-state index in [2.05, 4.69) is 28.5 Å². The molecule has 0 aliphatic carbocycles. The predicted octanol–water partition coefficient (Wildman–Crippen LogP) is 0.241. The molecule has 3 aliphatic rings. The Bertz CT molecular complexity index is 763. The summed E-state index contributed by atoms with van der Waals surface area (Å²) < 4.78 is 0. The molecule has 3 amide bonds. The largest absolute Gasteiger partial charge is 0.322 e. The molecule has 0 spiro atoms. The molecule has 3 aliphatic heterocycles. The molecule has 0 bridgehead atoms. The number of imide groups is 1. The van der Waals surface area contributed by atoms with Gasteiger partial charge in [0.2, 0.25) is 11.8 Å². The number of amides is 3. The molecular weight excluding hydrogens is 332 g/mol. The highest BCUT2D eigenvalue weighted by atomic mass is 16.2. The zero-order valence-corrected chi connectivity index (χ0v) is 15.0. The maximum absolute atomic E-state index is 12.7. The number of nitrogens with one attached hydrogen (secondary N) is 2. The molecule has 7 heteroatoms. The number of nitrogens with zero attached hydrogens (tertiary/aromatic N) is 2. The number of benzene rings is 1. The number of piperazine rings is 1. The van der Waals surface area contributed by atoms with E-state index in [1.807, 2.05) is 12.1 Å². The highest BCUT2D eigenvalue weighted by molar-refractivity contribution is 6.05. The summed E-state index contributed by atoms with van der Waals surface area (Å²) in [6.07, 6.45) is 0.679. The first-order chi connectivity index (χ1) is 12.5. The quantitative estimate of drug-likeness (QED) is 0.759. The van der Waals surface area contributed by atoms with Crippen LogP contribution in [-0.4, -0.2) is 59.2 Å². The Balaban J connectivity index is 1.49. The average Bonchev–Trinajstić information content (AvgIpc) is 2.93. The molecule has 0 saturated carbocycles. The van der Waals surface area contributed by atoms with Crippen molar-refractivity contribution in [2.75, 3.05) is 19.6 Å². The van der Waals surface area contributed by atoms with Gasteiger partial charge in [-0.05, 0) is 30.5 Å². The second-order valence-electron chi connectivity index (χ2n) is 7.42. The van der Waals surface area contributed by atoms with E-state index < -0.39 is 6.04 Å². The van der Waals surface area contributed by atoms with Gasteiger partial charge in [0.15, 0.2) is 0 Å². The molecule has 4 rings (SSSR count). The molecule has 1 unspecified atom stereocenters. The third kappa shape index (κ3) is 3.12. The minimum atomic E-state index is -0.552. The number of piperidine rings is 1. The van der Waals surface area contributed by atoms with E-state index in [0.717, 1.165) is 31.7 Å². The minimum Gasteiger partial charge on any atom is -0.322 e. The van der Waals surface area contributed by atoms with Crippen molar-refractivity contribution in [3.05, 3.63) is 34.9 Å². The van der Waals surface area contributed by atoms with Crippen LogP contribution in [0.3, 0.4) is 0 Å². The van der Waals surface area contributed by atoms with Crippen LogP contribution in [0.1, 0.15) is 41.3 Å². The normalized spacial score (nSPS) is 26.8. The highest BCUT2D eigenvalue weighted by Crippen LogP contribution is 2.28. The van der Waals surface area contributed by atoms with Crippen LogP contribution in [0, 0.1) is 0 Å². The predicted molar refractivity (Wildman–Crippen MR) is 95.2 cm³/mol. The molecule has 3 heterocycles. The molecular formula is C19H24N4O3. The Morgan fingerprint density at radius 3 is 2.85 bits per heavy atom. The lowest BCUT2D eigenvalue weighted by Crippen LogP contribution is -2.52. The van der Waals surface area contributed by atoms with Gasteiger partial charge in [-0.1, -0.05) is 12.1 Å². The zero-order chi connectivity index (χ0) is 18.3. The van der Waals surface area contributed by atoms with E-state index in [1.165, 1.54) is 5.56 Å². The number of rotatable bonds is 3. The van der Waals surface area contributed by atoms with Crippen molar-refractivity contribution in [3.8, 4) is 0 Å². The van der Waals surface area contributed by atoms with Crippen LogP contribution in [0.5, 0.6) is 0 Å². The van der Waals surface area contributed by atoms with Crippen LogP contribution < -0.4 is 10.6 Å². The summed E-state index contributed by atoms with van der Waals surface area (Å²) in [6, 6.07) is 5.92. The second kappa shape index (κ2) is 6.81.